The Balaban J connectivity index is 1.39. The fourth-order valence-corrected chi connectivity index (χ4v) is 4.39. The fourth-order valence-electron chi connectivity index (χ4n) is 3.40. The molecule has 0 aliphatic carbocycles. The molecule has 2 unspecified atom stereocenters. The van der Waals surface area contributed by atoms with Crippen molar-refractivity contribution >= 4 is 28.8 Å². The molecule has 2 atom stereocenters. The molecular weight excluding hydrogens is 364 g/mol. The number of fused-ring (bicyclic) bond motifs is 1. The predicted octanol–water partition coefficient (Wildman–Crippen LogP) is 0.973. The van der Waals surface area contributed by atoms with Crippen molar-refractivity contribution < 1.29 is 9.59 Å². The summed E-state index contributed by atoms with van der Waals surface area (Å²) >= 11 is 1.41. The Labute approximate surface area is 161 Å². The molecule has 0 spiro atoms. The summed E-state index contributed by atoms with van der Waals surface area (Å²) in [7, 11) is 0. The molecule has 4 rings (SSSR count). The normalized spacial score (nSPS) is 22.2. The number of carbonyl (C=O) groups excluding carboxylic acids is 2. The lowest BCUT2D eigenvalue weighted by Gasteiger charge is -2.23. The van der Waals surface area contributed by atoms with Crippen LogP contribution in [0.2, 0.25) is 0 Å². The summed E-state index contributed by atoms with van der Waals surface area (Å²) in [5.74, 6) is -0.0826. The average Bonchev–Trinajstić information content (AvgIpc) is 3.24. The van der Waals surface area contributed by atoms with E-state index in [9.17, 15) is 9.59 Å². The summed E-state index contributed by atoms with van der Waals surface area (Å²) in [6.45, 7) is 3.35. The second-order valence-corrected chi connectivity index (χ2v) is 7.97. The molecule has 2 aromatic rings. The summed E-state index contributed by atoms with van der Waals surface area (Å²) in [6.07, 6.45) is 5.47. The Hall–Kier alpha value is -2.36. The monoisotopic (exact) mass is 386 g/mol. The van der Waals surface area contributed by atoms with Gasteiger partial charge in [-0.3, -0.25) is 20.0 Å². The second-order valence-electron chi connectivity index (χ2n) is 6.89. The lowest BCUT2D eigenvalue weighted by atomic mass is 10.1. The van der Waals surface area contributed by atoms with Gasteiger partial charge in [-0.1, -0.05) is 0 Å². The van der Waals surface area contributed by atoms with Gasteiger partial charge in [0.25, 0.3) is 5.91 Å². The number of carbonyl (C=O) groups is 2. The topological polar surface area (TPSA) is 99.2 Å². The van der Waals surface area contributed by atoms with Crippen molar-refractivity contribution in [3.05, 3.63) is 40.1 Å². The third-order valence-corrected chi connectivity index (χ3v) is 5.98. The van der Waals surface area contributed by atoms with Crippen molar-refractivity contribution in [3.8, 4) is 0 Å². The number of hydrogen-bond donors (Lipinski definition) is 3. The molecular formula is C18H22N6O2S. The molecule has 142 valence electrons. The predicted molar refractivity (Wildman–Crippen MR) is 102 cm³/mol. The molecule has 2 aliphatic heterocycles. The van der Waals surface area contributed by atoms with Crippen LogP contribution in [0.5, 0.6) is 0 Å². The van der Waals surface area contributed by atoms with E-state index >= 15 is 0 Å². The van der Waals surface area contributed by atoms with Gasteiger partial charge in [0.05, 0.1) is 17.6 Å². The van der Waals surface area contributed by atoms with Crippen LogP contribution in [-0.4, -0.2) is 51.9 Å². The van der Waals surface area contributed by atoms with E-state index < -0.39 is 0 Å². The van der Waals surface area contributed by atoms with Crippen LogP contribution in [0, 0.1) is 0 Å². The van der Waals surface area contributed by atoms with Crippen LogP contribution in [0.1, 0.15) is 33.7 Å². The molecule has 9 heteroatoms. The fraction of sp³-hybridized carbons (Fsp3) is 0.444. The van der Waals surface area contributed by atoms with Crippen LogP contribution in [-0.2, 0) is 17.6 Å². The van der Waals surface area contributed by atoms with Gasteiger partial charge in [0.15, 0.2) is 5.01 Å². The number of aromatic nitrogens is 2. The van der Waals surface area contributed by atoms with E-state index in [1.54, 1.807) is 24.5 Å². The van der Waals surface area contributed by atoms with Gasteiger partial charge in [-0.2, -0.15) is 0 Å². The highest BCUT2D eigenvalue weighted by atomic mass is 32.1. The molecule has 2 amide bonds. The maximum Gasteiger partial charge on any atom is 0.284 e. The Bertz CT molecular complexity index is 814. The van der Waals surface area contributed by atoms with E-state index in [4.69, 9.17) is 0 Å². The number of thiazole rings is 1. The summed E-state index contributed by atoms with van der Waals surface area (Å²) in [5.41, 5.74) is 7.75. The molecule has 8 nitrogen and oxygen atoms in total. The van der Waals surface area contributed by atoms with Crippen molar-refractivity contribution in [2.45, 2.75) is 38.3 Å². The number of amides is 2. The zero-order chi connectivity index (χ0) is 18.8. The molecule has 0 aromatic carbocycles. The number of hydrogen-bond acceptors (Lipinski definition) is 7. The van der Waals surface area contributed by atoms with Gasteiger partial charge in [-0.25, -0.2) is 10.4 Å². The van der Waals surface area contributed by atoms with Gasteiger partial charge in [0.1, 0.15) is 6.04 Å². The van der Waals surface area contributed by atoms with Crippen molar-refractivity contribution in [2.75, 3.05) is 18.4 Å². The number of nitrogens with one attached hydrogen (secondary N) is 3. The number of hydrazine groups is 1. The molecule has 1 fully saturated rings. The van der Waals surface area contributed by atoms with Gasteiger partial charge < -0.3 is 10.2 Å². The summed E-state index contributed by atoms with van der Waals surface area (Å²) < 4.78 is 0. The first-order chi connectivity index (χ1) is 13.1. The second kappa shape index (κ2) is 7.71. The molecule has 0 radical (unpaired) electrons. The van der Waals surface area contributed by atoms with Crippen LogP contribution >= 0.6 is 11.3 Å². The van der Waals surface area contributed by atoms with E-state index in [0.29, 0.717) is 36.2 Å². The molecule has 0 bridgehead atoms. The third kappa shape index (κ3) is 4.00. The van der Waals surface area contributed by atoms with Gasteiger partial charge in [-0.15, -0.1) is 11.3 Å². The zero-order valence-electron chi connectivity index (χ0n) is 15.1. The number of pyridine rings is 1. The first-order valence-corrected chi connectivity index (χ1v) is 9.91. The van der Waals surface area contributed by atoms with Crippen LogP contribution in [0.25, 0.3) is 0 Å². The van der Waals surface area contributed by atoms with E-state index in [2.05, 4.69) is 33.1 Å². The SMILES string of the molecule is CC1CC(C(=O)N2CCc3nc(C(=O)Nc4cccnc4)sc3CC2)NN1. The van der Waals surface area contributed by atoms with Crippen LogP contribution in [0.15, 0.2) is 24.5 Å². The van der Waals surface area contributed by atoms with Crippen LogP contribution < -0.4 is 16.2 Å². The minimum absolute atomic E-state index is 0.136. The Morgan fingerprint density at radius 1 is 1.30 bits per heavy atom. The van der Waals surface area contributed by atoms with Gasteiger partial charge in [-0.05, 0) is 25.5 Å². The maximum absolute atomic E-state index is 12.7. The first-order valence-electron chi connectivity index (χ1n) is 9.10. The third-order valence-electron chi connectivity index (χ3n) is 4.82. The number of anilines is 1. The molecule has 4 heterocycles. The van der Waals surface area contributed by atoms with Gasteiger partial charge >= 0.3 is 0 Å². The highest BCUT2D eigenvalue weighted by molar-refractivity contribution is 7.13. The average molecular weight is 386 g/mol. The smallest absolute Gasteiger partial charge is 0.284 e. The molecule has 2 aromatic heterocycles. The quantitative estimate of drug-likeness (QED) is 0.727. The molecule has 2 aliphatic rings. The van der Waals surface area contributed by atoms with E-state index in [-0.39, 0.29) is 17.9 Å². The van der Waals surface area contributed by atoms with Gasteiger partial charge in [0, 0.05) is 43.0 Å². The minimum atomic E-state index is -0.218. The van der Waals surface area contributed by atoms with E-state index in [0.717, 1.165) is 23.4 Å². The zero-order valence-corrected chi connectivity index (χ0v) is 15.9. The highest BCUT2D eigenvalue weighted by Gasteiger charge is 2.31. The Morgan fingerprint density at radius 3 is 2.89 bits per heavy atom. The van der Waals surface area contributed by atoms with Crippen molar-refractivity contribution in [1.82, 2.24) is 25.7 Å². The van der Waals surface area contributed by atoms with E-state index in [1.165, 1.54) is 11.3 Å². The summed E-state index contributed by atoms with van der Waals surface area (Å²) in [5, 5.41) is 3.28. The molecule has 0 saturated carbocycles. The summed E-state index contributed by atoms with van der Waals surface area (Å²) in [4.78, 5) is 36.6. The highest BCUT2D eigenvalue weighted by Crippen LogP contribution is 2.24. The largest absolute Gasteiger partial charge is 0.341 e. The van der Waals surface area contributed by atoms with Gasteiger partial charge in [0.2, 0.25) is 5.91 Å². The molecule has 3 N–H and O–H groups in total. The van der Waals surface area contributed by atoms with Crippen LogP contribution in [0.3, 0.4) is 0 Å². The Morgan fingerprint density at radius 2 is 2.15 bits per heavy atom. The first kappa shape index (κ1) is 18.0. The maximum atomic E-state index is 12.7. The van der Waals surface area contributed by atoms with Crippen LogP contribution in [0.4, 0.5) is 5.69 Å². The standard InChI is InChI=1S/C18H22N6O2S/c1-11-9-14(23-22-11)18(26)24-7-4-13-15(5-8-24)27-17(21-13)16(25)20-12-3-2-6-19-10-12/h2-3,6,10-11,14,22-23H,4-5,7-9H2,1H3,(H,20,25). The minimum Gasteiger partial charge on any atom is -0.341 e. The Kier molecular flexibility index (Phi) is 5.15. The lowest BCUT2D eigenvalue weighted by molar-refractivity contribution is -0.133. The lowest BCUT2D eigenvalue weighted by Crippen LogP contribution is -2.46. The summed E-state index contributed by atoms with van der Waals surface area (Å²) in [6, 6.07) is 3.70. The van der Waals surface area contributed by atoms with Crippen molar-refractivity contribution in [3.63, 3.8) is 0 Å². The molecule has 1 saturated heterocycles. The molecule has 27 heavy (non-hydrogen) atoms. The number of nitrogens with zero attached hydrogens (tertiary/aromatic N) is 3. The van der Waals surface area contributed by atoms with Crippen molar-refractivity contribution in [2.24, 2.45) is 0 Å². The van der Waals surface area contributed by atoms with E-state index in [1.807, 2.05) is 4.90 Å². The number of rotatable bonds is 3. The van der Waals surface area contributed by atoms with Crippen molar-refractivity contribution in [1.29, 1.82) is 0 Å².